The van der Waals surface area contributed by atoms with Crippen LogP contribution in [0.3, 0.4) is 0 Å². The third kappa shape index (κ3) is 7.46. The van der Waals surface area contributed by atoms with E-state index in [0.717, 1.165) is 26.1 Å². The van der Waals surface area contributed by atoms with Crippen LogP contribution >= 0.6 is 0 Å². The lowest BCUT2D eigenvalue weighted by molar-refractivity contribution is 0.0292. The van der Waals surface area contributed by atoms with Crippen LogP contribution in [0.2, 0.25) is 0 Å². The fourth-order valence-electron chi connectivity index (χ4n) is 2.15. The number of benzene rings is 1. The molecule has 124 valence electrons. The topological polar surface area (TPSA) is 32.8 Å². The fraction of sp³-hybridized carbons (Fsp3) is 0.611. The summed E-state index contributed by atoms with van der Waals surface area (Å²) < 4.78 is 5.35. The molecule has 1 aromatic carbocycles. The molecule has 1 rings (SSSR count). The summed E-state index contributed by atoms with van der Waals surface area (Å²) in [5, 5.41) is 0. The van der Waals surface area contributed by atoms with E-state index in [-0.39, 0.29) is 6.09 Å². The number of amides is 1. The lowest BCUT2D eigenvalue weighted by atomic mass is 10.2. The van der Waals surface area contributed by atoms with Crippen molar-refractivity contribution < 1.29 is 9.53 Å². The van der Waals surface area contributed by atoms with Gasteiger partial charge in [0.2, 0.25) is 0 Å². The van der Waals surface area contributed by atoms with Gasteiger partial charge in [0.05, 0.1) is 0 Å². The first-order chi connectivity index (χ1) is 10.3. The van der Waals surface area contributed by atoms with E-state index in [1.807, 2.05) is 26.8 Å². The highest BCUT2D eigenvalue weighted by Gasteiger charge is 2.19. The van der Waals surface area contributed by atoms with Crippen molar-refractivity contribution in [2.24, 2.45) is 0 Å². The van der Waals surface area contributed by atoms with E-state index < -0.39 is 5.60 Å². The van der Waals surface area contributed by atoms with E-state index in [9.17, 15) is 4.79 Å². The number of hydrogen-bond donors (Lipinski definition) is 0. The average Bonchev–Trinajstić information content (AvgIpc) is 2.45. The standard InChI is InChI=1S/C18H30N2O2/c1-6-20(15-16-11-8-7-9-12-16)14-10-13-19(5)17(21)22-18(2,3)4/h7-9,11-12H,6,10,13-15H2,1-5H3. The number of nitrogens with zero attached hydrogens (tertiary/aromatic N) is 2. The van der Waals surface area contributed by atoms with E-state index in [2.05, 4.69) is 36.1 Å². The minimum atomic E-state index is -0.436. The predicted molar refractivity (Wildman–Crippen MR) is 90.9 cm³/mol. The lowest BCUT2D eigenvalue weighted by Crippen LogP contribution is -2.36. The summed E-state index contributed by atoms with van der Waals surface area (Å²) >= 11 is 0. The van der Waals surface area contributed by atoms with E-state index in [1.165, 1.54) is 5.56 Å². The number of rotatable bonds is 7. The first kappa shape index (κ1) is 18.5. The first-order valence-corrected chi connectivity index (χ1v) is 8.02. The van der Waals surface area contributed by atoms with Crippen molar-refractivity contribution in [3.63, 3.8) is 0 Å². The summed E-state index contributed by atoms with van der Waals surface area (Å²) in [6.07, 6.45) is 0.690. The van der Waals surface area contributed by atoms with Crippen molar-refractivity contribution in [2.75, 3.05) is 26.7 Å². The molecule has 0 aliphatic heterocycles. The molecule has 0 aromatic heterocycles. The summed E-state index contributed by atoms with van der Waals surface area (Å²) in [6.45, 7) is 11.5. The third-order valence-electron chi connectivity index (χ3n) is 3.37. The van der Waals surface area contributed by atoms with Crippen LogP contribution in [0.25, 0.3) is 0 Å². The molecular formula is C18H30N2O2. The maximum absolute atomic E-state index is 11.9. The molecule has 0 bridgehead atoms. The van der Waals surface area contributed by atoms with Gasteiger partial charge in [0.25, 0.3) is 0 Å². The van der Waals surface area contributed by atoms with Gasteiger partial charge in [0.1, 0.15) is 5.60 Å². The Morgan fingerprint density at radius 1 is 1.14 bits per heavy atom. The van der Waals surface area contributed by atoms with Crippen LogP contribution in [-0.4, -0.2) is 48.2 Å². The zero-order chi connectivity index (χ0) is 16.6. The van der Waals surface area contributed by atoms with Crippen LogP contribution in [0.4, 0.5) is 4.79 Å². The van der Waals surface area contributed by atoms with Crippen LogP contribution in [0, 0.1) is 0 Å². The molecule has 0 atom stereocenters. The third-order valence-corrected chi connectivity index (χ3v) is 3.37. The van der Waals surface area contributed by atoms with Gasteiger partial charge in [-0.2, -0.15) is 0 Å². The number of carbonyl (C=O) groups excluding carboxylic acids is 1. The molecule has 0 aliphatic rings. The quantitative estimate of drug-likeness (QED) is 0.769. The Balaban J connectivity index is 2.33. The molecular weight excluding hydrogens is 276 g/mol. The molecule has 0 aliphatic carbocycles. The Kier molecular flexibility index (Phi) is 7.39. The second-order valence-corrected chi connectivity index (χ2v) is 6.61. The molecule has 0 unspecified atom stereocenters. The fourth-order valence-corrected chi connectivity index (χ4v) is 2.15. The molecule has 0 radical (unpaired) electrons. The zero-order valence-electron chi connectivity index (χ0n) is 14.6. The highest BCUT2D eigenvalue weighted by atomic mass is 16.6. The summed E-state index contributed by atoms with van der Waals surface area (Å²) in [5.74, 6) is 0. The average molecular weight is 306 g/mol. The first-order valence-electron chi connectivity index (χ1n) is 8.02. The zero-order valence-corrected chi connectivity index (χ0v) is 14.6. The summed E-state index contributed by atoms with van der Waals surface area (Å²) in [4.78, 5) is 15.9. The normalized spacial score (nSPS) is 11.5. The van der Waals surface area contributed by atoms with Crippen molar-refractivity contribution in [1.29, 1.82) is 0 Å². The minimum absolute atomic E-state index is 0.251. The van der Waals surface area contributed by atoms with E-state index in [0.29, 0.717) is 6.54 Å². The van der Waals surface area contributed by atoms with Crippen LogP contribution in [0.1, 0.15) is 39.7 Å². The van der Waals surface area contributed by atoms with Crippen LogP contribution in [0.15, 0.2) is 30.3 Å². The lowest BCUT2D eigenvalue weighted by Gasteiger charge is -2.26. The van der Waals surface area contributed by atoms with Crippen LogP contribution in [0.5, 0.6) is 0 Å². The van der Waals surface area contributed by atoms with E-state index in [1.54, 1.807) is 11.9 Å². The largest absolute Gasteiger partial charge is 0.444 e. The smallest absolute Gasteiger partial charge is 0.410 e. The molecule has 0 saturated heterocycles. The maximum Gasteiger partial charge on any atom is 0.410 e. The van der Waals surface area contributed by atoms with Gasteiger partial charge >= 0.3 is 6.09 Å². The molecule has 4 nitrogen and oxygen atoms in total. The highest BCUT2D eigenvalue weighted by molar-refractivity contribution is 5.67. The Morgan fingerprint density at radius 2 is 1.77 bits per heavy atom. The number of carbonyl (C=O) groups is 1. The molecule has 0 fully saturated rings. The molecule has 0 N–H and O–H groups in total. The Bertz CT molecular complexity index is 440. The summed E-state index contributed by atoms with van der Waals surface area (Å²) in [6, 6.07) is 10.5. The second-order valence-electron chi connectivity index (χ2n) is 6.61. The highest BCUT2D eigenvalue weighted by Crippen LogP contribution is 2.10. The van der Waals surface area contributed by atoms with Crippen molar-refractivity contribution in [3.8, 4) is 0 Å². The van der Waals surface area contributed by atoms with E-state index in [4.69, 9.17) is 4.74 Å². The van der Waals surface area contributed by atoms with Gasteiger partial charge in [-0.3, -0.25) is 4.90 Å². The van der Waals surface area contributed by atoms with Gasteiger partial charge < -0.3 is 9.64 Å². The van der Waals surface area contributed by atoms with Crippen molar-refractivity contribution in [1.82, 2.24) is 9.80 Å². The second kappa shape index (κ2) is 8.79. The Morgan fingerprint density at radius 3 is 2.32 bits per heavy atom. The van der Waals surface area contributed by atoms with Crippen LogP contribution in [-0.2, 0) is 11.3 Å². The molecule has 0 saturated carbocycles. The van der Waals surface area contributed by atoms with Crippen LogP contribution < -0.4 is 0 Å². The molecule has 0 heterocycles. The van der Waals surface area contributed by atoms with Crippen molar-refractivity contribution >= 4 is 6.09 Å². The Hall–Kier alpha value is -1.55. The van der Waals surface area contributed by atoms with Gasteiger partial charge in [-0.1, -0.05) is 37.3 Å². The van der Waals surface area contributed by atoms with Gasteiger partial charge in [0, 0.05) is 26.7 Å². The molecule has 22 heavy (non-hydrogen) atoms. The van der Waals surface area contributed by atoms with Gasteiger partial charge in [0.15, 0.2) is 0 Å². The molecule has 0 spiro atoms. The van der Waals surface area contributed by atoms with Gasteiger partial charge in [-0.15, -0.1) is 0 Å². The monoisotopic (exact) mass is 306 g/mol. The number of ether oxygens (including phenoxy) is 1. The molecule has 4 heteroatoms. The predicted octanol–water partition coefficient (Wildman–Crippen LogP) is 3.77. The van der Waals surface area contributed by atoms with E-state index >= 15 is 0 Å². The SMILES string of the molecule is CCN(CCCN(C)C(=O)OC(C)(C)C)Cc1ccccc1. The summed E-state index contributed by atoms with van der Waals surface area (Å²) in [7, 11) is 1.79. The van der Waals surface area contributed by atoms with Crippen molar-refractivity contribution in [2.45, 2.75) is 46.3 Å². The maximum atomic E-state index is 11.9. The van der Waals surface area contributed by atoms with Crippen molar-refractivity contribution in [3.05, 3.63) is 35.9 Å². The number of hydrogen-bond acceptors (Lipinski definition) is 3. The van der Waals surface area contributed by atoms with Gasteiger partial charge in [-0.25, -0.2) is 4.79 Å². The minimum Gasteiger partial charge on any atom is -0.444 e. The molecule has 1 aromatic rings. The molecule has 1 amide bonds. The Labute approximate surface area is 135 Å². The summed E-state index contributed by atoms with van der Waals surface area (Å²) in [5.41, 5.74) is 0.888. The van der Waals surface area contributed by atoms with Gasteiger partial charge in [-0.05, 0) is 39.3 Å².